The molecule has 8 nitrogen and oxygen atoms in total. The number of hydrogen-bond donors (Lipinski definition) is 1. The summed E-state index contributed by atoms with van der Waals surface area (Å²) in [6.07, 6.45) is 1.90. The molecule has 3 rings (SSSR count). The Balaban J connectivity index is 1.58. The van der Waals surface area contributed by atoms with Gasteiger partial charge in [-0.2, -0.15) is 4.98 Å². The summed E-state index contributed by atoms with van der Waals surface area (Å²) >= 11 is 1.42. The Labute approximate surface area is 166 Å². The van der Waals surface area contributed by atoms with Crippen molar-refractivity contribution in [2.24, 2.45) is 0 Å². The summed E-state index contributed by atoms with van der Waals surface area (Å²) in [5.74, 6) is -0.343. The summed E-state index contributed by atoms with van der Waals surface area (Å²) in [6.45, 7) is 3.74. The van der Waals surface area contributed by atoms with Crippen LogP contribution in [0.5, 0.6) is 0 Å². The molecule has 0 aliphatic rings. The van der Waals surface area contributed by atoms with Crippen molar-refractivity contribution < 1.29 is 14.3 Å². The lowest BCUT2D eigenvalue weighted by molar-refractivity contribution is -0.147. The number of aryl methyl sites for hydroxylation is 2. The number of benzene rings is 1. The molecule has 1 N–H and O–H groups in total. The smallest absolute Gasteiger partial charge is 0.310 e. The van der Waals surface area contributed by atoms with Crippen LogP contribution >= 0.6 is 11.8 Å². The van der Waals surface area contributed by atoms with Gasteiger partial charge in [0.2, 0.25) is 5.16 Å². The molecule has 0 spiro atoms. The van der Waals surface area contributed by atoms with Crippen molar-refractivity contribution in [1.29, 1.82) is 0 Å². The maximum Gasteiger partial charge on any atom is 0.310 e. The Morgan fingerprint density at radius 1 is 1.18 bits per heavy atom. The van der Waals surface area contributed by atoms with Gasteiger partial charge in [0.25, 0.3) is 11.7 Å². The Kier molecular flexibility index (Phi) is 6.25. The number of amides is 1. The molecule has 0 bridgehead atoms. The molecule has 2 aromatic heterocycles. The minimum Gasteiger partial charge on any atom is -0.455 e. The van der Waals surface area contributed by atoms with E-state index in [2.05, 4.69) is 20.4 Å². The van der Waals surface area contributed by atoms with Crippen LogP contribution in [0.2, 0.25) is 0 Å². The zero-order valence-electron chi connectivity index (χ0n) is 15.9. The molecule has 0 aliphatic carbocycles. The molecular weight excluding hydrogens is 378 g/mol. The van der Waals surface area contributed by atoms with E-state index in [0.29, 0.717) is 23.2 Å². The number of fused-ring (bicyclic) bond motifs is 1. The van der Waals surface area contributed by atoms with Gasteiger partial charge in [-0.05, 0) is 25.7 Å². The Morgan fingerprint density at radius 3 is 2.64 bits per heavy atom. The number of carbonyl (C=O) groups excluding carboxylic acids is 2. The highest BCUT2D eigenvalue weighted by atomic mass is 32.2. The van der Waals surface area contributed by atoms with Gasteiger partial charge in [-0.1, -0.05) is 42.1 Å². The fourth-order valence-corrected chi connectivity index (χ4v) is 3.06. The van der Waals surface area contributed by atoms with Crippen molar-refractivity contribution in [2.45, 2.75) is 32.0 Å². The molecule has 0 saturated heterocycles. The molecule has 0 fully saturated rings. The molecule has 146 valence electrons. The second kappa shape index (κ2) is 8.83. The molecule has 28 heavy (non-hydrogen) atoms. The molecule has 3 aromatic rings. The summed E-state index contributed by atoms with van der Waals surface area (Å²) in [4.78, 5) is 32.8. The van der Waals surface area contributed by atoms with Crippen molar-refractivity contribution in [1.82, 2.24) is 24.9 Å². The Bertz CT molecular complexity index is 1000. The van der Waals surface area contributed by atoms with Crippen LogP contribution in [-0.2, 0) is 27.3 Å². The summed E-state index contributed by atoms with van der Waals surface area (Å²) in [7, 11) is 0. The lowest BCUT2D eigenvalue weighted by Gasteiger charge is -2.10. The van der Waals surface area contributed by atoms with Crippen molar-refractivity contribution in [3.05, 3.63) is 52.8 Å². The molecule has 0 radical (unpaired) electrons. The van der Waals surface area contributed by atoms with Gasteiger partial charge in [0.15, 0.2) is 6.61 Å². The third-order valence-corrected chi connectivity index (χ3v) is 4.77. The molecule has 0 unspecified atom stereocenters. The summed E-state index contributed by atoms with van der Waals surface area (Å²) < 4.78 is 6.74. The fraction of sp³-hybridized carbons (Fsp3) is 0.316. The molecule has 0 aliphatic heterocycles. The molecular formula is C19H21N5O3S. The van der Waals surface area contributed by atoms with Crippen molar-refractivity contribution in [3.8, 4) is 0 Å². The number of carbonyl (C=O) groups is 2. The average Bonchev–Trinajstić information content (AvgIpc) is 3.12. The van der Waals surface area contributed by atoms with E-state index in [1.165, 1.54) is 11.8 Å². The monoisotopic (exact) mass is 399 g/mol. The van der Waals surface area contributed by atoms with Crippen LogP contribution in [0, 0.1) is 13.8 Å². The van der Waals surface area contributed by atoms with E-state index in [1.54, 1.807) is 4.52 Å². The Hall–Kier alpha value is -2.94. The molecule has 0 atom stereocenters. The standard InChI is InChI=1S/C19H21N5O3S/c1-12-15(13(2)24-18(21-12)22-19(23-24)28-3)9-17(26)27-11-16(25)20-10-14-7-5-4-6-8-14/h4-8H,9-11H2,1-3H3,(H,20,25). The first kappa shape index (κ1) is 19.8. The van der Waals surface area contributed by atoms with Crippen molar-refractivity contribution in [2.75, 3.05) is 12.9 Å². The number of thioether (sulfide) groups is 1. The van der Waals surface area contributed by atoms with Gasteiger partial charge >= 0.3 is 5.97 Å². The zero-order chi connectivity index (χ0) is 20.1. The normalized spacial score (nSPS) is 10.8. The molecule has 2 heterocycles. The summed E-state index contributed by atoms with van der Waals surface area (Å²) in [5.41, 5.74) is 3.17. The highest BCUT2D eigenvalue weighted by Gasteiger charge is 2.17. The van der Waals surface area contributed by atoms with Crippen LogP contribution in [0.25, 0.3) is 5.78 Å². The summed E-state index contributed by atoms with van der Waals surface area (Å²) in [5, 5.41) is 7.69. The lowest BCUT2D eigenvalue weighted by Crippen LogP contribution is -2.28. The van der Waals surface area contributed by atoms with Gasteiger partial charge in [-0.3, -0.25) is 9.59 Å². The first-order valence-electron chi connectivity index (χ1n) is 8.71. The fourth-order valence-electron chi connectivity index (χ4n) is 2.72. The lowest BCUT2D eigenvalue weighted by atomic mass is 10.1. The van der Waals surface area contributed by atoms with Crippen molar-refractivity contribution >= 4 is 29.4 Å². The van der Waals surface area contributed by atoms with E-state index in [0.717, 1.165) is 16.8 Å². The number of nitrogens with one attached hydrogen (secondary N) is 1. The van der Waals surface area contributed by atoms with E-state index in [9.17, 15) is 9.59 Å². The molecule has 1 aromatic carbocycles. The first-order valence-corrected chi connectivity index (χ1v) is 9.93. The van der Waals surface area contributed by atoms with Gasteiger partial charge in [0.1, 0.15) is 0 Å². The molecule has 1 amide bonds. The zero-order valence-corrected chi connectivity index (χ0v) is 16.7. The maximum absolute atomic E-state index is 12.2. The van der Waals surface area contributed by atoms with E-state index < -0.39 is 5.97 Å². The molecule has 9 heteroatoms. The van der Waals surface area contributed by atoms with Gasteiger partial charge < -0.3 is 10.1 Å². The number of nitrogens with zero attached hydrogens (tertiary/aromatic N) is 4. The van der Waals surface area contributed by atoms with Gasteiger partial charge in [-0.15, -0.1) is 5.10 Å². The van der Waals surface area contributed by atoms with Crippen LogP contribution in [0.15, 0.2) is 35.5 Å². The van der Waals surface area contributed by atoms with Crippen molar-refractivity contribution in [3.63, 3.8) is 0 Å². The maximum atomic E-state index is 12.2. The second-order valence-electron chi connectivity index (χ2n) is 6.17. The minimum absolute atomic E-state index is 0.0149. The predicted octanol–water partition coefficient (Wildman–Crippen LogP) is 1.87. The van der Waals surface area contributed by atoms with E-state index in [1.807, 2.05) is 50.4 Å². The SMILES string of the molecule is CSc1nc2nc(C)c(CC(=O)OCC(=O)NCc3ccccc3)c(C)n2n1. The molecule has 0 saturated carbocycles. The highest BCUT2D eigenvalue weighted by molar-refractivity contribution is 7.98. The largest absolute Gasteiger partial charge is 0.455 e. The van der Waals surface area contributed by atoms with Crippen LogP contribution in [-0.4, -0.2) is 44.3 Å². The van der Waals surface area contributed by atoms with Gasteiger partial charge in [-0.25, -0.2) is 9.50 Å². The van der Waals surface area contributed by atoms with Crippen LogP contribution in [0.3, 0.4) is 0 Å². The third-order valence-electron chi connectivity index (χ3n) is 4.23. The van der Waals surface area contributed by atoms with E-state index in [-0.39, 0.29) is 18.9 Å². The van der Waals surface area contributed by atoms with E-state index in [4.69, 9.17) is 4.74 Å². The van der Waals surface area contributed by atoms with E-state index >= 15 is 0 Å². The van der Waals surface area contributed by atoms with Gasteiger partial charge in [0.05, 0.1) is 6.42 Å². The van der Waals surface area contributed by atoms with Gasteiger partial charge in [0, 0.05) is 23.5 Å². The predicted molar refractivity (Wildman–Crippen MR) is 105 cm³/mol. The second-order valence-corrected chi connectivity index (χ2v) is 6.94. The third kappa shape index (κ3) is 4.66. The van der Waals surface area contributed by atoms with Crippen LogP contribution < -0.4 is 5.32 Å². The number of esters is 1. The number of hydrogen-bond acceptors (Lipinski definition) is 7. The topological polar surface area (TPSA) is 98.5 Å². The Morgan fingerprint density at radius 2 is 1.93 bits per heavy atom. The minimum atomic E-state index is -0.493. The number of aromatic nitrogens is 4. The van der Waals surface area contributed by atoms with Crippen LogP contribution in [0.1, 0.15) is 22.5 Å². The average molecular weight is 399 g/mol. The number of ether oxygens (including phenoxy) is 1. The highest BCUT2D eigenvalue weighted by Crippen LogP contribution is 2.17. The first-order chi connectivity index (χ1) is 13.5. The summed E-state index contributed by atoms with van der Waals surface area (Å²) in [6, 6.07) is 9.52. The van der Waals surface area contributed by atoms with Crippen LogP contribution in [0.4, 0.5) is 0 Å². The quantitative estimate of drug-likeness (QED) is 0.478. The number of rotatable bonds is 7.